The third kappa shape index (κ3) is 3.04. The number of rotatable bonds is 3. The van der Waals surface area contributed by atoms with E-state index in [9.17, 15) is 4.79 Å². The molecule has 0 N–H and O–H groups in total. The second-order valence-electron chi connectivity index (χ2n) is 3.12. The van der Waals surface area contributed by atoms with Gasteiger partial charge in [0.05, 0.1) is 5.38 Å². The fraction of sp³-hybridized carbons (Fsp3) is 0.364. The molecule has 1 aromatic rings. The smallest absolute Gasteiger partial charge is 0.303 e. The molecule has 0 heterocycles. The van der Waals surface area contributed by atoms with Gasteiger partial charge in [-0.2, -0.15) is 0 Å². The molecular formula is C11H13ClO2. The van der Waals surface area contributed by atoms with Gasteiger partial charge in [-0.1, -0.05) is 30.3 Å². The lowest BCUT2D eigenvalue weighted by molar-refractivity contribution is -0.146. The van der Waals surface area contributed by atoms with Gasteiger partial charge in [0.1, 0.15) is 6.10 Å². The fourth-order valence-corrected chi connectivity index (χ4v) is 1.45. The van der Waals surface area contributed by atoms with Crippen LogP contribution < -0.4 is 0 Å². The van der Waals surface area contributed by atoms with E-state index in [1.165, 1.54) is 6.92 Å². The van der Waals surface area contributed by atoms with Crippen molar-refractivity contribution in [2.75, 3.05) is 0 Å². The number of hydrogen-bond donors (Lipinski definition) is 0. The molecule has 1 aromatic carbocycles. The van der Waals surface area contributed by atoms with Crippen LogP contribution in [0.15, 0.2) is 30.3 Å². The Kier molecular flexibility index (Phi) is 3.96. The van der Waals surface area contributed by atoms with Crippen molar-refractivity contribution in [2.24, 2.45) is 0 Å². The standard InChI is InChI=1S/C11H13ClO2/c1-8(12)11(14-9(2)13)10-6-4-3-5-7-10/h3-8,11H,1-2H3/t8-,11-/m0/s1. The van der Waals surface area contributed by atoms with Gasteiger partial charge in [-0.15, -0.1) is 11.6 Å². The number of ether oxygens (including phenoxy) is 1. The van der Waals surface area contributed by atoms with Crippen molar-refractivity contribution in [1.29, 1.82) is 0 Å². The zero-order valence-electron chi connectivity index (χ0n) is 8.24. The molecule has 76 valence electrons. The normalized spacial score (nSPS) is 14.5. The van der Waals surface area contributed by atoms with E-state index < -0.39 is 0 Å². The van der Waals surface area contributed by atoms with Crippen LogP contribution in [0.5, 0.6) is 0 Å². The van der Waals surface area contributed by atoms with Gasteiger partial charge in [0, 0.05) is 6.92 Å². The maximum absolute atomic E-state index is 10.9. The summed E-state index contributed by atoms with van der Waals surface area (Å²) < 4.78 is 5.13. The highest BCUT2D eigenvalue weighted by molar-refractivity contribution is 6.20. The predicted molar refractivity (Wildman–Crippen MR) is 56.3 cm³/mol. The Morgan fingerprint density at radius 1 is 1.36 bits per heavy atom. The SMILES string of the molecule is CC(=O)O[C@H](c1ccccc1)[C@H](C)Cl. The van der Waals surface area contributed by atoms with Gasteiger partial charge in [0.15, 0.2) is 0 Å². The molecule has 0 aliphatic rings. The molecule has 0 aliphatic carbocycles. The van der Waals surface area contributed by atoms with Gasteiger partial charge < -0.3 is 4.74 Å². The first-order valence-corrected chi connectivity index (χ1v) is 4.91. The topological polar surface area (TPSA) is 26.3 Å². The first-order valence-electron chi connectivity index (χ1n) is 4.47. The summed E-state index contributed by atoms with van der Waals surface area (Å²) in [6, 6.07) is 9.49. The van der Waals surface area contributed by atoms with Crippen molar-refractivity contribution in [3.8, 4) is 0 Å². The first-order chi connectivity index (χ1) is 6.61. The molecule has 0 saturated carbocycles. The molecular weight excluding hydrogens is 200 g/mol. The van der Waals surface area contributed by atoms with Crippen molar-refractivity contribution in [3.63, 3.8) is 0 Å². The minimum absolute atomic E-state index is 0.235. The molecule has 3 heteroatoms. The average Bonchev–Trinajstić information content (AvgIpc) is 2.15. The van der Waals surface area contributed by atoms with Crippen molar-refractivity contribution < 1.29 is 9.53 Å². The van der Waals surface area contributed by atoms with Crippen LogP contribution in [0.2, 0.25) is 0 Å². The first kappa shape index (κ1) is 11.1. The molecule has 2 atom stereocenters. The molecule has 0 saturated heterocycles. The number of halogens is 1. The molecule has 0 bridgehead atoms. The lowest BCUT2D eigenvalue weighted by atomic mass is 10.1. The number of alkyl halides is 1. The summed E-state index contributed by atoms with van der Waals surface area (Å²) in [5.41, 5.74) is 0.921. The van der Waals surface area contributed by atoms with Gasteiger partial charge in [-0.25, -0.2) is 0 Å². The molecule has 0 amide bonds. The summed E-state index contributed by atoms with van der Waals surface area (Å²) in [6.45, 7) is 3.19. The van der Waals surface area contributed by atoms with E-state index in [1.807, 2.05) is 37.3 Å². The van der Waals surface area contributed by atoms with Crippen molar-refractivity contribution in [2.45, 2.75) is 25.3 Å². The summed E-state index contributed by atoms with van der Waals surface area (Å²) in [5.74, 6) is -0.314. The predicted octanol–water partition coefficient (Wildman–Crippen LogP) is 2.92. The lowest BCUT2D eigenvalue weighted by Crippen LogP contribution is -2.16. The van der Waals surface area contributed by atoms with Gasteiger partial charge in [-0.3, -0.25) is 4.79 Å². The van der Waals surface area contributed by atoms with Crippen LogP contribution in [0.25, 0.3) is 0 Å². The third-order valence-corrected chi connectivity index (χ3v) is 2.07. The van der Waals surface area contributed by atoms with Crippen LogP contribution in [-0.4, -0.2) is 11.3 Å². The second kappa shape index (κ2) is 5.01. The highest BCUT2D eigenvalue weighted by Crippen LogP contribution is 2.24. The minimum Gasteiger partial charge on any atom is -0.456 e. The van der Waals surface area contributed by atoms with E-state index in [-0.39, 0.29) is 17.5 Å². The Bertz CT molecular complexity index is 295. The highest BCUT2D eigenvalue weighted by Gasteiger charge is 2.19. The molecule has 0 radical (unpaired) electrons. The second-order valence-corrected chi connectivity index (χ2v) is 3.81. The van der Waals surface area contributed by atoms with Gasteiger partial charge >= 0.3 is 5.97 Å². The highest BCUT2D eigenvalue weighted by atomic mass is 35.5. The number of benzene rings is 1. The Labute approximate surface area is 88.8 Å². The van der Waals surface area contributed by atoms with Crippen LogP contribution >= 0.6 is 11.6 Å². The van der Waals surface area contributed by atoms with E-state index in [4.69, 9.17) is 16.3 Å². The van der Waals surface area contributed by atoms with Crippen LogP contribution in [0.3, 0.4) is 0 Å². The summed E-state index contributed by atoms with van der Waals surface area (Å²) in [4.78, 5) is 10.9. The zero-order valence-corrected chi connectivity index (χ0v) is 8.99. The van der Waals surface area contributed by atoms with Crippen molar-refractivity contribution in [3.05, 3.63) is 35.9 Å². The van der Waals surface area contributed by atoms with Crippen molar-refractivity contribution in [1.82, 2.24) is 0 Å². The molecule has 0 spiro atoms. The van der Waals surface area contributed by atoms with E-state index in [0.29, 0.717) is 0 Å². The lowest BCUT2D eigenvalue weighted by Gasteiger charge is -2.19. The number of carbonyl (C=O) groups is 1. The third-order valence-electron chi connectivity index (χ3n) is 1.84. The maximum Gasteiger partial charge on any atom is 0.303 e. The number of carbonyl (C=O) groups excluding carboxylic acids is 1. The summed E-state index contributed by atoms with van der Waals surface area (Å²) in [5, 5.41) is -0.235. The molecule has 0 aliphatic heterocycles. The largest absolute Gasteiger partial charge is 0.456 e. The van der Waals surface area contributed by atoms with Crippen LogP contribution in [0, 0.1) is 0 Å². The minimum atomic E-state index is -0.365. The van der Waals surface area contributed by atoms with Gasteiger partial charge in [0.25, 0.3) is 0 Å². The summed E-state index contributed by atoms with van der Waals surface area (Å²) in [6.07, 6.45) is -0.365. The van der Waals surface area contributed by atoms with Gasteiger partial charge in [-0.05, 0) is 12.5 Å². The Morgan fingerprint density at radius 2 is 1.93 bits per heavy atom. The van der Waals surface area contributed by atoms with E-state index in [0.717, 1.165) is 5.56 Å². The average molecular weight is 213 g/mol. The van der Waals surface area contributed by atoms with Crippen LogP contribution in [-0.2, 0) is 9.53 Å². The van der Waals surface area contributed by atoms with Gasteiger partial charge in [0.2, 0.25) is 0 Å². The summed E-state index contributed by atoms with van der Waals surface area (Å²) >= 11 is 5.95. The molecule has 2 nitrogen and oxygen atoms in total. The Balaban J connectivity index is 2.83. The Hall–Kier alpha value is -1.02. The zero-order chi connectivity index (χ0) is 10.6. The van der Waals surface area contributed by atoms with E-state index >= 15 is 0 Å². The van der Waals surface area contributed by atoms with Crippen LogP contribution in [0.4, 0.5) is 0 Å². The molecule has 14 heavy (non-hydrogen) atoms. The number of esters is 1. The van der Waals surface area contributed by atoms with E-state index in [1.54, 1.807) is 0 Å². The quantitative estimate of drug-likeness (QED) is 0.569. The monoisotopic (exact) mass is 212 g/mol. The summed E-state index contributed by atoms with van der Waals surface area (Å²) in [7, 11) is 0. The molecule has 1 rings (SSSR count). The Morgan fingerprint density at radius 3 is 2.36 bits per heavy atom. The van der Waals surface area contributed by atoms with Crippen molar-refractivity contribution >= 4 is 17.6 Å². The molecule has 0 aromatic heterocycles. The van der Waals surface area contributed by atoms with Crippen LogP contribution in [0.1, 0.15) is 25.5 Å². The fourth-order valence-electron chi connectivity index (χ4n) is 1.25. The van der Waals surface area contributed by atoms with E-state index in [2.05, 4.69) is 0 Å². The molecule has 0 fully saturated rings. The number of hydrogen-bond acceptors (Lipinski definition) is 2. The maximum atomic E-state index is 10.9. The molecule has 0 unspecified atom stereocenters.